The Morgan fingerprint density at radius 3 is 2.95 bits per heavy atom. The first-order valence-corrected chi connectivity index (χ1v) is 8.71. The van der Waals surface area contributed by atoms with Gasteiger partial charge in [0.05, 0.1) is 0 Å². The molecule has 0 amide bonds. The molecule has 2 aromatic rings. The highest BCUT2D eigenvalue weighted by Gasteiger charge is 2.33. The molecule has 1 fully saturated rings. The Labute approximate surface area is 132 Å². The maximum absolute atomic E-state index is 9.29. The van der Waals surface area contributed by atoms with Gasteiger partial charge in [-0.25, -0.2) is 0 Å². The second-order valence-corrected chi connectivity index (χ2v) is 7.19. The molecule has 1 aromatic carbocycles. The van der Waals surface area contributed by atoms with Crippen molar-refractivity contribution < 1.29 is 5.11 Å². The Hall–Kier alpha value is -1.32. The number of aromatic amines is 1. The largest absolute Gasteiger partial charge is 0.396 e. The van der Waals surface area contributed by atoms with Crippen molar-refractivity contribution >= 4 is 10.9 Å². The van der Waals surface area contributed by atoms with E-state index in [1.165, 1.54) is 47.0 Å². The molecule has 3 N–H and O–H groups in total. The fourth-order valence-electron chi connectivity index (χ4n) is 4.07. The number of nitrogens with one attached hydrogen (secondary N) is 2. The standard InChI is InChI=1S/C19H26N2O/c1-12-2-6-18-15(10-12)16-11-14(5-7-19(16)21-18)20-17(8-9-22)13-3-4-13/h2,6,10,13-14,17,20-22H,3-5,7-9,11H2,1H3. The van der Waals surface area contributed by atoms with Crippen LogP contribution in [0.15, 0.2) is 18.2 Å². The molecule has 2 atom stereocenters. The number of aliphatic hydroxyl groups is 1. The Morgan fingerprint density at radius 2 is 2.18 bits per heavy atom. The fraction of sp³-hybridized carbons (Fsp3) is 0.579. The molecule has 0 aliphatic heterocycles. The van der Waals surface area contributed by atoms with Crippen molar-refractivity contribution in [3.8, 4) is 0 Å². The van der Waals surface area contributed by atoms with E-state index in [4.69, 9.17) is 0 Å². The van der Waals surface area contributed by atoms with Crippen LogP contribution in [0.3, 0.4) is 0 Å². The summed E-state index contributed by atoms with van der Waals surface area (Å²) >= 11 is 0. The molecular formula is C19H26N2O. The van der Waals surface area contributed by atoms with Crippen molar-refractivity contribution in [3.63, 3.8) is 0 Å². The van der Waals surface area contributed by atoms with Crippen LogP contribution in [0.25, 0.3) is 10.9 Å². The lowest BCUT2D eigenvalue weighted by Gasteiger charge is -2.28. The van der Waals surface area contributed by atoms with E-state index in [0.717, 1.165) is 25.2 Å². The molecule has 4 rings (SSSR count). The van der Waals surface area contributed by atoms with Crippen molar-refractivity contribution in [1.29, 1.82) is 0 Å². The van der Waals surface area contributed by atoms with E-state index in [1.807, 2.05) is 0 Å². The zero-order valence-electron chi connectivity index (χ0n) is 13.4. The van der Waals surface area contributed by atoms with Crippen LogP contribution in [0, 0.1) is 12.8 Å². The zero-order chi connectivity index (χ0) is 15.1. The van der Waals surface area contributed by atoms with Gasteiger partial charge in [0.25, 0.3) is 0 Å². The Morgan fingerprint density at radius 1 is 1.32 bits per heavy atom. The van der Waals surface area contributed by atoms with E-state index in [9.17, 15) is 5.11 Å². The van der Waals surface area contributed by atoms with Crippen LogP contribution in [0.2, 0.25) is 0 Å². The summed E-state index contributed by atoms with van der Waals surface area (Å²) in [6.45, 7) is 2.47. The number of aliphatic hydroxyl groups excluding tert-OH is 1. The number of aryl methyl sites for hydroxylation is 2. The first-order chi connectivity index (χ1) is 10.7. The summed E-state index contributed by atoms with van der Waals surface area (Å²) in [6, 6.07) is 7.79. The van der Waals surface area contributed by atoms with Gasteiger partial charge in [-0.05, 0) is 69.1 Å². The molecule has 2 aliphatic rings. The Balaban J connectivity index is 1.55. The van der Waals surface area contributed by atoms with Crippen molar-refractivity contribution in [2.45, 2.75) is 57.5 Å². The Kier molecular flexibility index (Phi) is 3.71. The van der Waals surface area contributed by atoms with E-state index in [2.05, 4.69) is 35.4 Å². The predicted molar refractivity (Wildman–Crippen MR) is 90.2 cm³/mol. The van der Waals surface area contributed by atoms with Crippen LogP contribution in [0.4, 0.5) is 0 Å². The van der Waals surface area contributed by atoms with E-state index in [1.54, 1.807) is 0 Å². The van der Waals surface area contributed by atoms with E-state index in [0.29, 0.717) is 18.7 Å². The van der Waals surface area contributed by atoms with Crippen molar-refractivity contribution in [2.24, 2.45) is 5.92 Å². The lowest BCUT2D eigenvalue weighted by Crippen LogP contribution is -2.43. The second-order valence-electron chi connectivity index (χ2n) is 7.19. The highest BCUT2D eigenvalue weighted by molar-refractivity contribution is 5.85. The first-order valence-electron chi connectivity index (χ1n) is 8.71. The number of benzene rings is 1. The molecule has 2 aliphatic carbocycles. The molecule has 1 saturated carbocycles. The molecule has 0 spiro atoms. The lowest BCUT2D eigenvalue weighted by atomic mass is 9.90. The van der Waals surface area contributed by atoms with Crippen molar-refractivity contribution in [2.75, 3.05) is 6.61 Å². The van der Waals surface area contributed by atoms with Crippen LogP contribution < -0.4 is 5.32 Å². The van der Waals surface area contributed by atoms with E-state index < -0.39 is 0 Å². The molecule has 3 nitrogen and oxygen atoms in total. The number of rotatable bonds is 5. The fourth-order valence-corrected chi connectivity index (χ4v) is 4.07. The molecule has 2 unspecified atom stereocenters. The third kappa shape index (κ3) is 2.68. The average molecular weight is 298 g/mol. The first kappa shape index (κ1) is 14.3. The molecule has 0 bridgehead atoms. The van der Waals surface area contributed by atoms with Gasteiger partial charge in [-0.1, -0.05) is 11.6 Å². The summed E-state index contributed by atoms with van der Waals surface area (Å²) in [5, 5.41) is 14.6. The van der Waals surface area contributed by atoms with Gasteiger partial charge in [-0.3, -0.25) is 0 Å². The van der Waals surface area contributed by atoms with Gasteiger partial charge < -0.3 is 15.4 Å². The van der Waals surface area contributed by atoms with E-state index >= 15 is 0 Å². The van der Waals surface area contributed by atoms with Gasteiger partial charge >= 0.3 is 0 Å². The van der Waals surface area contributed by atoms with Crippen LogP contribution in [0.5, 0.6) is 0 Å². The summed E-state index contributed by atoms with van der Waals surface area (Å²) < 4.78 is 0. The Bertz CT molecular complexity index is 671. The summed E-state index contributed by atoms with van der Waals surface area (Å²) in [7, 11) is 0. The van der Waals surface area contributed by atoms with Crippen molar-refractivity contribution in [3.05, 3.63) is 35.0 Å². The average Bonchev–Trinajstić information content (AvgIpc) is 3.30. The summed E-state index contributed by atoms with van der Waals surface area (Å²) in [5.74, 6) is 0.804. The third-order valence-corrected chi connectivity index (χ3v) is 5.42. The monoisotopic (exact) mass is 298 g/mol. The molecule has 1 aromatic heterocycles. The van der Waals surface area contributed by atoms with Gasteiger partial charge in [-0.2, -0.15) is 0 Å². The number of hydrogen-bond donors (Lipinski definition) is 3. The highest BCUT2D eigenvalue weighted by atomic mass is 16.3. The lowest BCUT2D eigenvalue weighted by molar-refractivity contribution is 0.244. The van der Waals surface area contributed by atoms with Crippen molar-refractivity contribution in [1.82, 2.24) is 10.3 Å². The summed E-state index contributed by atoms with van der Waals surface area (Å²) in [6.07, 6.45) is 7.03. The van der Waals surface area contributed by atoms with Crippen LogP contribution in [-0.4, -0.2) is 28.8 Å². The van der Waals surface area contributed by atoms with Gasteiger partial charge in [0.1, 0.15) is 0 Å². The van der Waals surface area contributed by atoms with Crippen LogP contribution in [0.1, 0.15) is 42.5 Å². The van der Waals surface area contributed by atoms with Gasteiger partial charge in [-0.15, -0.1) is 0 Å². The summed E-state index contributed by atoms with van der Waals surface area (Å²) in [5.41, 5.74) is 5.57. The maximum Gasteiger partial charge on any atom is 0.0459 e. The number of fused-ring (bicyclic) bond motifs is 3. The summed E-state index contributed by atoms with van der Waals surface area (Å²) in [4.78, 5) is 3.61. The third-order valence-electron chi connectivity index (χ3n) is 5.42. The van der Waals surface area contributed by atoms with Gasteiger partial charge in [0.2, 0.25) is 0 Å². The predicted octanol–water partition coefficient (Wildman–Crippen LogP) is 3.08. The van der Waals surface area contributed by atoms with Gasteiger partial charge in [0.15, 0.2) is 0 Å². The second kappa shape index (κ2) is 5.71. The minimum atomic E-state index is 0.304. The molecule has 0 saturated heterocycles. The normalized spacial score (nSPS) is 22.7. The minimum absolute atomic E-state index is 0.304. The van der Waals surface area contributed by atoms with Gasteiger partial charge in [0, 0.05) is 35.3 Å². The molecule has 22 heavy (non-hydrogen) atoms. The van der Waals surface area contributed by atoms with Crippen LogP contribution >= 0.6 is 0 Å². The van der Waals surface area contributed by atoms with Crippen LogP contribution in [-0.2, 0) is 12.8 Å². The highest BCUT2D eigenvalue weighted by Crippen LogP contribution is 2.35. The SMILES string of the molecule is Cc1ccc2[nH]c3c(c2c1)CC(NC(CCO)C1CC1)CC3. The molecule has 118 valence electrons. The smallest absolute Gasteiger partial charge is 0.0459 e. The number of H-pyrrole nitrogens is 1. The number of hydrogen-bond acceptors (Lipinski definition) is 2. The molecule has 0 radical (unpaired) electrons. The van der Waals surface area contributed by atoms with E-state index in [-0.39, 0.29) is 0 Å². The zero-order valence-corrected chi connectivity index (χ0v) is 13.4. The maximum atomic E-state index is 9.29. The molecule has 3 heteroatoms. The number of aromatic nitrogens is 1. The minimum Gasteiger partial charge on any atom is -0.396 e. The quantitative estimate of drug-likeness (QED) is 0.794. The molecular weight excluding hydrogens is 272 g/mol. The topological polar surface area (TPSA) is 48.0 Å². The molecule has 1 heterocycles.